The van der Waals surface area contributed by atoms with Crippen LogP contribution in [0.4, 0.5) is 0 Å². The number of fused-ring (bicyclic) bond motifs is 1. The Hall–Kier alpha value is -3.47. The normalized spacial score (nSPS) is 16.3. The van der Waals surface area contributed by atoms with E-state index in [4.69, 9.17) is 15.2 Å². The van der Waals surface area contributed by atoms with Crippen LogP contribution in [0.25, 0.3) is 0 Å². The van der Waals surface area contributed by atoms with Crippen molar-refractivity contribution in [1.82, 2.24) is 9.97 Å². The molecule has 0 aliphatic carbocycles. The molecule has 23 heavy (non-hydrogen) atoms. The van der Waals surface area contributed by atoms with Gasteiger partial charge in [-0.15, -0.1) is 0 Å². The maximum Gasteiger partial charge on any atom is 0.328 e. The fourth-order valence-electron chi connectivity index (χ4n) is 2.52. The molecule has 0 bridgehead atoms. The van der Waals surface area contributed by atoms with Gasteiger partial charge in [0, 0.05) is 0 Å². The second-order valence-corrected chi connectivity index (χ2v) is 4.85. The van der Waals surface area contributed by atoms with E-state index in [9.17, 15) is 14.9 Å². The molecular weight excluding hydrogens is 300 g/mol. The molecule has 0 spiro atoms. The van der Waals surface area contributed by atoms with Crippen LogP contribution in [0.3, 0.4) is 0 Å². The van der Waals surface area contributed by atoms with Crippen molar-refractivity contribution in [1.29, 1.82) is 5.26 Å². The van der Waals surface area contributed by atoms with E-state index in [1.165, 1.54) is 7.11 Å². The molecular formula is C15H12N4O4. The van der Waals surface area contributed by atoms with Crippen LogP contribution in [-0.2, 0) is 0 Å². The third kappa shape index (κ3) is 2.34. The Balaban J connectivity index is 2.26. The number of H-pyrrole nitrogens is 2. The Morgan fingerprint density at radius 1 is 1.26 bits per heavy atom. The highest BCUT2D eigenvalue weighted by Crippen LogP contribution is 2.38. The minimum atomic E-state index is -0.741. The van der Waals surface area contributed by atoms with Crippen LogP contribution in [0.15, 0.2) is 45.3 Å². The first-order valence-electron chi connectivity index (χ1n) is 6.63. The second-order valence-electron chi connectivity index (χ2n) is 4.85. The Labute approximate surface area is 129 Å². The van der Waals surface area contributed by atoms with Crippen molar-refractivity contribution in [2.24, 2.45) is 5.73 Å². The molecule has 1 aromatic heterocycles. The van der Waals surface area contributed by atoms with Gasteiger partial charge in [-0.2, -0.15) is 5.26 Å². The van der Waals surface area contributed by atoms with Crippen LogP contribution in [0.2, 0.25) is 0 Å². The topological polar surface area (TPSA) is 134 Å². The monoisotopic (exact) mass is 312 g/mol. The SMILES string of the molecule is COc1ccc([C@@H]2C(C#N)=C(N)Oc3[nH]c(=O)[nH]c(=O)c32)cc1. The van der Waals surface area contributed by atoms with Gasteiger partial charge in [-0.1, -0.05) is 12.1 Å². The van der Waals surface area contributed by atoms with Crippen molar-refractivity contribution in [2.45, 2.75) is 5.92 Å². The zero-order valence-corrected chi connectivity index (χ0v) is 12.0. The molecule has 2 heterocycles. The van der Waals surface area contributed by atoms with Crippen LogP contribution in [0.1, 0.15) is 17.0 Å². The summed E-state index contributed by atoms with van der Waals surface area (Å²) in [5.41, 5.74) is 5.29. The van der Waals surface area contributed by atoms with Crippen molar-refractivity contribution in [2.75, 3.05) is 7.11 Å². The predicted molar refractivity (Wildman–Crippen MR) is 80.0 cm³/mol. The molecule has 0 saturated carbocycles. The lowest BCUT2D eigenvalue weighted by Crippen LogP contribution is -2.33. The highest BCUT2D eigenvalue weighted by Gasteiger charge is 2.33. The van der Waals surface area contributed by atoms with E-state index < -0.39 is 17.2 Å². The van der Waals surface area contributed by atoms with Gasteiger partial charge in [-0.25, -0.2) is 4.79 Å². The first-order chi connectivity index (χ1) is 11.0. The van der Waals surface area contributed by atoms with E-state index in [0.717, 1.165) is 0 Å². The number of nitrogens with one attached hydrogen (secondary N) is 2. The van der Waals surface area contributed by atoms with Gasteiger partial charge in [-0.05, 0) is 17.7 Å². The summed E-state index contributed by atoms with van der Waals surface area (Å²) in [6, 6.07) is 8.81. The van der Waals surface area contributed by atoms with Gasteiger partial charge in [0.2, 0.25) is 11.8 Å². The third-order valence-electron chi connectivity index (χ3n) is 3.57. The number of nitrogens with two attached hydrogens (primary N) is 1. The minimum Gasteiger partial charge on any atom is -0.497 e. The molecule has 1 aliphatic heterocycles. The first-order valence-corrected chi connectivity index (χ1v) is 6.63. The van der Waals surface area contributed by atoms with Gasteiger partial charge < -0.3 is 15.2 Å². The summed E-state index contributed by atoms with van der Waals surface area (Å²) in [7, 11) is 1.53. The van der Waals surface area contributed by atoms with Gasteiger partial charge >= 0.3 is 5.69 Å². The summed E-state index contributed by atoms with van der Waals surface area (Å²) < 4.78 is 10.3. The van der Waals surface area contributed by atoms with E-state index in [2.05, 4.69) is 9.97 Å². The molecule has 1 aliphatic rings. The van der Waals surface area contributed by atoms with Crippen LogP contribution in [0, 0.1) is 11.3 Å². The van der Waals surface area contributed by atoms with Gasteiger partial charge in [-0.3, -0.25) is 14.8 Å². The van der Waals surface area contributed by atoms with Crippen molar-refractivity contribution in [3.05, 3.63) is 67.7 Å². The fourth-order valence-corrected chi connectivity index (χ4v) is 2.52. The summed E-state index contributed by atoms with van der Waals surface area (Å²) in [5.74, 6) is -0.319. The molecule has 0 unspecified atom stereocenters. The lowest BCUT2D eigenvalue weighted by atomic mass is 9.85. The zero-order chi connectivity index (χ0) is 16.6. The van der Waals surface area contributed by atoms with Crippen molar-refractivity contribution >= 4 is 0 Å². The molecule has 0 fully saturated rings. The molecule has 0 radical (unpaired) electrons. The summed E-state index contributed by atoms with van der Waals surface area (Å²) in [6.45, 7) is 0. The molecule has 8 nitrogen and oxygen atoms in total. The number of hydrogen-bond acceptors (Lipinski definition) is 6. The van der Waals surface area contributed by atoms with E-state index in [1.807, 2.05) is 6.07 Å². The molecule has 4 N–H and O–H groups in total. The number of allylic oxidation sites excluding steroid dienone is 1. The molecule has 116 valence electrons. The maximum absolute atomic E-state index is 12.2. The highest BCUT2D eigenvalue weighted by molar-refractivity contribution is 5.53. The summed E-state index contributed by atoms with van der Waals surface area (Å²) in [4.78, 5) is 28.1. The number of nitriles is 1. The van der Waals surface area contributed by atoms with Crippen LogP contribution in [-0.4, -0.2) is 17.1 Å². The lowest BCUT2D eigenvalue weighted by molar-refractivity contribution is 0.373. The molecule has 0 amide bonds. The van der Waals surface area contributed by atoms with E-state index in [0.29, 0.717) is 11.3 Å². The van der Waals surface area contributed by atoms with Crippen molar-refractivity contribution < 1.29 is 9.47 Å². The maximum atomic E-state index is 12.2. The average molecular weight is 312 g/mol. The van der Waals surface area contributed by atoms with Gasteiger partial charge in [0.15, 0.2) is 0 Å². The van der Waals surface area contributed by atoms with E-state index in [-0.39, 0.29) is 22.9 Å². The predicted octanol–water partition coefficient (Wildman–Crippen LogP) is 0.290. The third-order valence-corrected chi connectivity index (χ3v) is 3.57. The number of ether oxygens (including phenoxy) is 2. The summed E-state index contributed by atoms with van der Waals surface area (Å²) in [5, 5.41) is 9.39. The molecule has 0 saturated heterocycles. The second kappa shape index (κ2) is 5.38. The average Bonchev–Trinajstić information content (AvgIpc) is 2.53. The Morgan fingerprint density at radius 3 is 2.57 bits per heavy atom. The van der Waals surface area contributed by atoms with Crippen molar-refractivity contribution in [3.8, 4) is 17.7 Å². The van der Waals surface area contributed by atoms with Gasteiger partial charge in [0.1, 0.15) is 17.4 Å². The molecule has 8 heteroatoms. The number of benzene rings is 1. The van der Waals surface area contributed by atoms with E-state index >= 15 is 0 Å². The van der Waals surface area contributed by atoms with Crippen molar-refractivity contribution in [3.63, 3.8) is 0 Å². The lowest BCUT2D eigenvalue weighted by Gasteiger charge is -2.24. The number of methoxy groups -OCH3 is 1. The minimum absolute atomic E-state index is 0.0592. The first kappa shape index (κ1) is 14.5. The van der Waals surface area contributed by atoms with Gasteiger partial charge in [0.05, 0.1) is 18.6 Å². The Bertz CT molecular complexity index is 947. The van der Waals surface area contributed by atoms with E-state index in [1.54, 1.807) is 24.3 Å². The number of aromatic amines is 2. The van der Waals surface area contributed by atoms with Crippen LogP contribution in [0.5, 0.6) is 11.6 Å². The Kier molecular flexibility index (Phi) is 3.38. The molecule has 3 rings (SSSR count). The number of nitrogens with zero attached hydrogens (tertiary/aromatic N) is 1. The molecule has 2 aromatic rings. The van der Waals surface area contributed by atoms with Crippen LogP contribution >= 0.6 is 0 Å². The number of aromatic nitrogens is 2. The summed E-state index contributed by atoms with van der Waals surface area (Å²) in [6.07, 6.45) is 0. The van der Waals surface area contributed by atoms with Crippen LogP contribution < -0.4 is 26.5 Å². The molecule has 1 atom stereocenters. The standard InChI is InChI=1S/C15H12N4O4/c1-22-8-4-2-7(3-5-8)10-9(6-16)12(17)23-14-11(10)13(20)18-15(21)19-14/h2-5,10H,17H2,1H3,(H2,18,19,20,21)/t10-/m1/s1. The number of hydrogen-bond donors (Lipinski definition) is 3. The zero-order valence-electron chi connectivity index (χ0n) is 12.0. The quantitative estimate of drug-likeness (QED) is 0.729. The Morgan fingerprint density at radius 2 is 1.96 bits per heavy atom. The smallest absolute Gasteiger partial charge is 0.328 e. The molecule has 1 aromatic carbocycles. The van der Waals surface area contributed by atoms with Gasteiger partial charge in [0.25, 0.3) is 5.56 Å². The number of rotatable bonds is 2. The highest BCUT2D eigenvalue weighted by atomic mass is 16.5. The summed E-state index contributed by atoms with van der Waals surface area (Å²) >= 11 is 0. The largest absolute Gasteiger partial charge is 0.497 e. The fraction of sp³-hybridized carbons (Fsp3) is 0.133.